The van der Waals surface area contributed by atoms with Crippen LogP contribution in [0.1, 0.15) is 32.1 Å². The zero-order valence-corrected chi connectivity index (χ0v) is 7.88. The van der Waals surface area contributed by atoms with E-state index in [4.69, 9.17) is 10.1 Å². The smallest absolute Gasteiger partial charge is 0.0870 e. The van der Waals surface area contributed by atoms with E-state index in [-0.39, 0.29) is 0 Å². The van der Waals surface area contributed by atoms with Gasteiger partial charge in [-0.15, -0.1) is 5.34 Å². The van der Waals surface area contributed by atoms with Gasteiger partial charge in [0.2, 0.25) is 0 Å². The summed E-state index contributed by atoms with van der Waals surface area (Å²) in [6, 6.07) is 0.971. The molecule has 4 nitrogen and oxygen atoms in total. The zero-order chi connectivity index (χ0) is 9.40. The Balaban J connectivity index is 0.000000354. The molecule has 1 rings (SSSR count). The predicted octanol–water partition coefficient (Wildman–Crippen LogP) is 0.714. The Bertz CT molecular complexity index is 112. The van der Waals surface area contributed by atoms with Crippen molar-refractivity contribution in [3.63, 3.8) is 0 Å². The SMILES string of the molecule is C[NH+](C)C1CCCCC1.O=N[O-]. The Morgan fingerprint density at radius 2 is 1.67 bits per heavy atom. The van der Waals surface area contributed by atoms with Crippen LogP contribution >= 0.6 is 0 Å². The van der Waals surface area contributed by atoms with Crippen molar-refractivity contribution in [2.45, 2.75) is 38.1 Å². The molecule has 0 spiro atoms. The highest BCUT2D eigenvalue weighted by Crippen LogP contribution is 2.14. The van der Waals surface area contributed by atoms with Gasteiger partial charge in [-0.1, -0.05) is 6.42 Å². The Morgan fingerprint density at radius 3 is 1.92 bits per heavy atom. The highest BCUT2D eigenvalue weighted by molar-refractivity contribution is 4.62. The molecule has 0 aromatic rings. The molecule has 0 aromatic heterocycles. The third-order valence-corrected chi connectivity index (χ3v) is 2.42. The van der Waals surface area contributed by atoms with Gasteiger partial charge in [0.05, 0.1) is 20.1 Å². The van der Waals surface area contributed by atoms with Gasteiger partial charge in [0, 0.05) is 0 Å². The van der Waals surface area contributed by atoms with Crippen LogP contribution in [-0.4, -0.2) is 20.1 Å². The predicted molar refractivity (Wildman–Crippen MR) is 48.8 cm³/mol. The molecule has 1 aliphatic rings. The topological polar surface area (TPSA) is 56.9 Å². The van der Waals surface area contributed by atoms with E-state index in [9.17, 15) is 0 Å². The maximum Gasteiger partial charge on any atom is 0.0870 e. The van der Waals surface area contributed by atoms with Gasteiger partial charge in [-0.3, -0.25) is 0 Å². The van der Waals surface area contributed by atoms with Crippen LogP contribution in [0.3, 0.4) is 0 Å². The number of nitrogens with one attached hydrogen (secondary N) is 1. The summed E-state index contributed by atoms with van der Waals surface area (Å²) in [4.78, 5) is 9.65. The molecule has 0 atom stereocenters. The normalized spacial score (nSPS) is 18.2. The second kappa shape index (κ2) is 7.03. The molecule has 0 radical (unpaired) electrons. The van der Waals surface area contributed by atoms with E-state index >= 15 is 0 Å². The molecule has 0 heterocycles. The van der Waals surface area contributed by atoms with Gasteiger partial charge in [-0.25, -0.2) is 0 Å². The number of quaternary nitrogens is 1. The van der Waals surface area contributed by atoms with Crippen molar-refractivity contribution in [2.75, 3.05) is 14.1 Å². The summed E-state index contributed by atoms with van der Waals surface area (Å²) in [7, 11) is 4.55. The van der Waals surface area contributed by atoms with Crippen molar-refractivity contribution in [1.29, 1.82) is 0 Å². The van der Waals surface area contributed by atoms with E-state index in [2.05, 4.69) is 14.1 Å². The van der Waals surface area contributed by atoms with Crippen LogP contribution in [0.2, 0.25) is 0 Å². The number of nitrogens with zero attached hydrogens (tertiary/aromatic N) is 1. The first-order chi connectivity index (χ1) is 5.72. The summed E-state index contributed by atoms with van der Waals surface area (Å²) in [5.74, 6) is 0. The Kier molecular flexibility index (Phi) is 6.66. The van der Waals surface area contributed by atoms with Crippen LogP contribution in [0.15, 0.2) is 5.34 Å². The fourth-order valence-electron chi connectivity index (χ4n) is 1.68. The summed E-state index contributed by atoms with van der Waals surface area (Å²) < 4.78 is 0. The molecule has 72 valence electrons. The third-order valence-electron chi connectivity index (χ3n) is 2.42. The third kappa shape index (κ3) is 5.07. The highest BCUT2D eigenvalue weighted by atomic mass is 16.6. The number of hydrogen-bond donors (Lipinski definition) is 1. The fraction of sp³-hybridized carbons (Fsp3) is 1.00. The van der Waals surface area contributed by atoms with Crippen LogP contribution in [0.4, 0.5) is 0 Å². The van der Waals surface area contributed by atoms with Gasteiger partial charge in [0.15, 0.2) is 0 Å². The second-order valence-corrected chi connectivity index (χ2v) is 3.49. The fourth-order valence-corrected chi connectivity index (χ4v) is 1.68. The van der Waals surface area contributed by atoms with Crippen molar-refractivity contribution >= 4 is 0 Å². The molecular formula is C8H18N2O2. The van der Waals surface area contributed by atoms with Gasteiger partial charge >= 0.3 is 0 Å². The average Bonchev–Trinajstić information content (AvgIpc) is 2.07. The zero-order valence-electron chi connectivity index (χ0n) is 7.88. The summed E-state index contributed by atoms with van der Waals surface area (Å²) in [5.41, 5.74) is 0. The van der Waals surface area contributed by atoms with Crippen LogP contribution in [0.25, 0.3) is 0 Å². The van der Waals surface area contributed by atoms with Crippen molar-refractivity contribution in [3.05, 3.63) is 10.1 Å². The standard InChI is InChI=1S/C8H17N.HNO2/c1-9(2)8-6-4-3-5-7-8;2-1-3/h8H,3-7H2,1-2H3;(H,2,3). The first-order valence-electron chi connectivity index (χ1n) is 4.47. The molecule has 0 aliphatic heterocycles. The molecule has 12 heavy (non-hydrogen) atoms. The maximum absolute atomic E-state index is 8.00. The van der Waals surface area contributed by atoms with Crippen LogP contribution in [0.5, 0.6) is 0 Å². The van der Waals surface area contributed by atoms with Crippen molar-refractivity contribution < 1.29 is 4.90 Å². The molecule has 1 saturated carbocycles. The van der Waals surface area contributed by atoms with Crippen LogP contribution in [-0.2, 0) is 0 Å². The second-order valence-electron chi connectivity index (χ2n) is 3.49. The minimum Gasteiger partial charge on any atom is -0.444 e. The Hall–Kier alpha value is -0.640. The first-order valence-corrected chi connectivity index (χ1v) is 4.47. The van der Waals surface area contributed by atoms with Gasteiger partial charge in [-0.05, 0) is 25.7 Å². The van der Waals surface area contributed by atoms with Crippen molar-refractivity contribution in [1.82, 2.24) is 0 Å². The molecule has 1 N–H and O–H groups in total. The number of rotatable bonds is 1. The van der Waals surface area contributed by atoms with Gasteiger partial charge in [-0.2, -0.15) is 0 Å². The highest BCUT2D eigenvalue weighted by Gasteiger charge is 2.17. The van der Waals surface area contributed by atoms with Crippen LogP contribution in [0, 0.1) is 10.1 Å². The lowest BCUT2D eigenvalue weighted by molar-refractivity contribution is -0.887. The van der Waals surface area contributed by atoms with Crippen LogP contribution < -0.4 is 4.90 Å². The monoisotopic (exact) mass is 174 g/mol. The van der Waals surface area contributed by atoms with Crippen molar-refractivity contribution in [3.8, 4) is 0 Å². The van der Waals surface area contributed by atoms with Crippen molar-refractivity contribution in [2.24, 2.45) is 5.34 Å². The summed E-state index contributed by atoms with van der Waals surface area (Å²) in [6.45, 7) is 0. The summed E-state index contributed by atoms with van der Waals surface area (Å²) in [5, 5.41) is 9.00. The number of hydrogen-bond acceptors (Lipinski definition) is 3. The van der Waals surface area contributed by atoms with Gasteiger partial charge in [0.1, 0.15) is 0 Å². The molecule has 0 bridgehead atoms. The lowest BCUT2D eigenvalue weighted by atomic mass is 9.95. The first kappa shape index (κ1) is 11.4. The van der Waals surface area contributed by atoms with E-state index in [0.29, 0.717) is 0 Å². The van der Waals surface area contributed by atoms with Gasteiger partial charge in [0.25, 0.3) is 0 Å². The van der Waals surface area contributed by atoms with E-state index in [0.717, 1.165) is 11.4 Å². The Morgan fingerprint density at radius 1 is 1.25 bits per heavy atom. The molecule has 0 saturated heterocycles. The van der Waals surface area contributed by atoms with E-state index in [1.54, 1.807) is 4.90 Å². The van der Waals surface area contributed by atoms with E-state index in [1.165, 1.54) is 32.1 Å². The summed E-state index contributed by atoms with van der Waals surface area (Å²) in [6.07, 6.45) is 7.33. The molecule has 0 unspecified atom stereocenters. The lowest BCUT2D eigenvalue weighted by Crippen LogP contribution is -3.10. The maximum atomic E-state index is 8.00. The molecule has 1 aliphatic carbocycles. The van der Waals surface area contributed by atoms with Gasteiger partial charge < -0.3 is 15.0 Å². The molecule has 1 fully saturated rings. The minimum absolute atomic E-state index is 0.971. The Labute approximate surface area is 73.5 Å². The molecule has 0 aromatic carbocycles. The molecular weight excluding hydrogens is 156 g/mol. The molecule has 0 amide bonds. The van der Waals surface area contributed by atoms with E-state index < -0.39 is 0 Å². The minimum atomic E-state index is 0.971. The summed E-state index contributed by atoms with van der Waals surface area (Å²) >= 11 is 0. The van der Waals surface area contributed by atoms with E-state index in [1.807, 2.05) is 0 Å². The quantitative estimate of drug-likeness (QED) is 0.470. The lowest BCUT2D eigenvalue weighted by Gasteiger charge is -2.24. The molecule has 4 heteroatoms. The largest absolute Gasteiger partial charge is 0.444 e. The average molecular weight is 174 g/mol.